The number of aromatic nitrogens is 1. The summed E-state index contributed by atoms with van der Waals surface area (Å²) in [6.45, 7) is 5.27. The first-order valence-electron chi connectivity index (χ1n) is 8.95. The molecule has 0 saturated carbocycles. The van der Waals surface area contributed by atoms with E-state index in [1.807, 2.05) is 55.1 Å². The molecular weight excluding hydrogens is 330 g/mol. The number of hydrogen-bond acceptors (Lipinski definition) is 4. The van der Waals surface area contributed by atoms with Crippen LogP contribution in [0.5, 0.6) is 11.5 Å². The van der Waals surface area contributed by atoms with Crippen LogP contribution >= 0.6 is 0 Å². The number of hydrazone groups is 1. The van der Waals surface area contributed by atoms with Crippen LogP contribution in [0.3, 0.4) is 0 Å². The van der Waals surface area contributed by atoms with E-state index in [0.29, 0.717) is 19.0 Å². The number of benzene rings is 1. The normalized spacial score (nSPS) is 10.9. The number of ether oxygens (including phenoxy) is 2. The zero-order valence-electron chi connectivity index (χ0n) is 15.7. The zero-order valence-corrected chi connectivity index (χ0v) is 15.7. The van der Waals surface area contributed by atoms with E-state index in [1.165, 1.54) is 0 Å². The summed E-state index contributed by atoms with van der Waals surface area (Å²) in [5.74, 6) is 1.25. The molecule has 2 rings (SSSR count). The number of nitrogens with zero attached hydrogens (tertiary/aromatic N) is 2. The molecule has 1 N–H and O–H groups in total. The monoisotopic (exact) mass is 357 g/mol. The van der Waals surface area contributed by atoms with Crippen LogP contribution in [0, 0.1) is 0 Å². The standard InChI is InChI=1S/C20H27N3O3/c1-4-6-12-26-18-10-9-16(13-19(18)25-5-2)15-21-22-20(24)14-17-8-7-11-23(17)3/h7-11,13,15H,4-6,12,14H2,1-3H3,(H,22,24). The van der Waals surface area contributed by atoms with Crippen molar-refractivity contribution in [2.24, 2.45) is 12.1 Å². The van der Waals surface area contributed by atoms with Crippen LogP contribution in [0.1, 0.15) is 37.9 Å². The van der Waals surface area contributed by atoms with Gasteiger partial charge in [-0.25, -0.2) is 5.43 Å². The Bertz CT molecular complexity index is 738. The van der Waals surface area contributed by atoms with Crippen molar-refractivity contribution in [2.45, 2.75) is 33.1 Å². The van der Waals surface area contributed by atoms with Crippen molar-refractivity contribution in [1.82, 2.24) is 9.99 Å². The number of amides is 1. The molecule has 140 valence electrons. The number of rotatable bonds is 10. The van der Waals surface area contributed by atoms with Gasteiger partial charge in [0, 0.05) is 18.9 Å². The quantitative estimate of drug-likeness (QED) is 0.403. The molecule has 6 nitrogen and oxygen atoms in total. The van der Waals surface area contributed by atoms with Gasteiger partial charge in [-0.3, -0.25) is 4.79 Å². The molecule has 0 aliphatic heterocycles. The van der Waals surface area contributed by atoms with E-state index in [4.69, 9.17) is 9.47 Å². The second-order valence-corrected chi connectivity index (χ2v) is 5.92. The molecule has 0 aliphatic rings. The van der Waals surface area contributed by atoms with Gasteiger partial charge in [0.1, 0.15) is 0 Å². The van der Waals surface area contributed by atoms with Gasteiger partial charge in [-0.2, -0.15) is 5.10 Å². The van der Waals surface area contributed by atoms with E-state index in [0.717, 1.165) is 29.8 Å². The smallest absolute Gasteiger partial charge is 0.245 e. The minimum Gasteiger partial charge on any atom is -0.490 e. The number of nitrogens with one attached hydrogen (secondary N) is 1. The lowest BCUT2D eigenvalue weighted by molar-refractivity contribution is -0.120. The number of hydrogen-bond donors (Lipinski definition) is 1. The molecule has 0 saturated heterocycles. The van der Waals surface area contributed by atoms with Crippen molar-refractivity contribution < 1.29 is 14.3 Å². The van der Waals surface area contributed by atoms with Crippen molar-refractivity contribution in [3.8, 4) is 11.5 Å². The van der Waals surface area contributed by atoms with Gasteiger partial charge in [0.25, 0.3) is 0 Å². The second kappa shape index (κ2) is 10.3. The van der Waals surface area contributed by atoms with E-state index in [1.54, 1.807) is 6.21 Å². The lowest BCUT2D eigenvalue weighted by Crippen LogP contribution is -2.20. The number of aryl methyl sites for hydroxylation is 1. The molecule has 0 radical (unpaired) electrons. The fraction of sp³-hybridized carbons (Fsp3) is 0.400. The summed E-state index contributed by atoms with van der Waals surface area (Å²) in [6.07, 6.45) is 5.88. The Hall–Kier alpha value is -2.76. The SMILES string of the molecule is CCCCOc1ccc(C=NNC(=O)Cc2cccn2C)cc1OCC. The largest absolute Gasteiger partial charge is 0.490 e. The number of unbranched alkanes of at least 4 members (excludes halogenated alkanes) is 1. The topological polar surface area (TPSA) is 64.8 Å². The zero-order chi connectivity index (χ0) is 18.8. The van der Waals surface area contributed by atoms with Crippen LogP contribution < -0.4 is 14.9 Å². The number of carbonyl (C=O) groups excluding carboxylic acids is 1. The van der Waals surface area contributed by atoms with Crippen LogP contribution in [0.2, 0.25) is 0 Å². The Kier molecular flexibility index (Phi) is 7.74. The summed E-state index contributed by atoms with van der Waals surface area (Å²) < 4.78 is 13.3. The van der Waals surface area contributed by atoms with E-state index in [-0.39, 0.29) is 12.3 Å². The molecule has 6 heteroatoms. The van der Waals surface area contributed by atoms with E-state index < -0.39 is 0 Å². The van der Waals surface area contributed by atoms with Crippen LogP contribution in [-0.2, 0) is 18.3 Å². The molecular formula is C20H27N3O3. The molecule has 1 heterocycles. The minimum absolute atomic E-state index is 0.160. The highest BCUT2D eigenvalue weighted by Gasteiger charge is 2.07. The van der Waals surface area contributed by atoms with Crippen molar-refractivity contribution in [2.75, 3.05) is 13.2 Å². The summed E-state index contributed by atoms with van der Waals surface area (Å²) in [5, 5.41) is 4.03. The summed E-state index contributed by atoms with van der Waals surface area (Å²) >= 11 is 0. The number of carbonyl (C=O) groups is 1. The summed E-state index contributed by atoms with van der Waals surface area (Å²) in [6, 6.07) is 9.43. The second-order valence-electron chi connectivity index (χ2n) is 5.92. The minimum atomic E-state index is -0.160. The summed E-state index contributed by atoms with van der Waals surface area (Å²) in [5.41, 5.74) is 4.31. The summed E-state index contributed by atoms with van der Waals surface area (Å²) in [4.78, 5) is 11.9. The first-order chi connectivity index (χ1) is 12.6. The van der Waals surface area contributed by atoms with Gasteiger partial charge in [0.05, 0.1) is 25.8 Å². The maximum Gasteiger partial charge on any atom is 0.245 e. The highest BCUT2D eigenvalue weighted by Crippen LogP contribution is 2.28. The molecule has 0 fully saturated rings. The highest BCUT2D eigenvalue weighted by molar-refractivity contribution is 5.83. The third kappa shape index (κ3) is 5.95. The third-order valence-corrected chi connectivity index (χ3v) is 3.82. The summed E-state index contributed by atoms with van der Waals surface area (Å²) in [7, 11) is 1.91. The van der Waals surface area contributed by atoms with E-state index in [9.17, 15) is 4.79 Å². The maximum atomic E-state index is 11.9. The molecule has 1 aromatic carbocycles. The van der Waals surface area contributed by atoms with Gasteiger partial charge < -0.3 is 14.0 Å². The van der Waals surface area contributed by atoms with E-state index in [2.05, 4.69) is 17.5 Å². The Balaban J connectivity index is 1.94. The Morgan fingerprint density at radius 1 is 1.23 bits per heavy atom. The maximum absolute atomic E-state index is 11.9. The highest BCUT2D eigenvalue weighted by atomic mass is 16.5. The fourth-order valence-electron chi connectivity index (χ4n) is 2.38. The lowest BCUT2D eigenvalue weighted by atomic mass is 10.2. The molecule has 26 heavy (non-hydrogen) atoms. The van der Waals surface area contributed by atoms with Gasteiger partial charge in [-0.1, -0.05) is 13.3 Å². The van der Waals surface area contributed by atoms with Crippen molar-refractivity contribution >= 4 is 12.1 Å². The Morgan fingerprint density at radius 3 is 2.77 bits per heavy atom. The third-order valence-electron chi connectivity index (χ3n) is 3.82. The van der Waals surface area contributed by atoms with Crippen molar-refractivity contribution in [3.05, 3.63) is 47.8 Å². The fourth-order valence-corrected chi connectivity index (χ4v) is 2.38. The molecule has 0 atom stereocenters. The van der Waals surface area contributed by atoms with Crippen molar-refractivity contribution in [3.63, 3.8) is 0 Å². The Morgan fingerprint density at radius 2 is 2.08 bits per heavy atom. The van der Waals surface area contributed by atoms with E-state index >= 15 is 0 Å². The molecule has 1 amide bonds. The molecule has 2 aromatic rings. The lowest BCUT2D eigenvalue weighted by Gasteiger charge is -2.12. The van der Waals surface area contributed by atoms with Crippen LogP contribution in [-0.4, -0.2) is 29.9 Å². The molecule has 0 unspecified atom stereocenters. The predicted molar refractivity (Wildman–Crippen MR) is 103 cm³/mol. The average Bonchev–Trinajstić information content (AvgIpc) is 3.02. The molecule has 0 bridgehead atoms. The van der Waals surface area contributed by atoms with Gasteiger partial charge in [0.15, 0.2) is 11.5 Å². The molecule has 1 aromatic heterocycles. The van der Waals surface area contributed by atoms with Crippen LogP contribution in [0.4, 0.5) is 0 Å². The Labute approximate surface area is 154 Å². The van der Waals surface area contributed by atoms with Gasteiger partial charge in [-0.05, 0) is 49.2 Å². The van der Waals surface area contributed by atoms with Gasteiger partial charge >= 0.3 is 0 Å². The van der Waals surface area contributed by atoms with Crippen molar-refractivity contribution in [1.29, 1.82) is 0 Å². The first-order valence-corrected chi connectivity index (χ1v) is 8.95. The predicted octanol–water partition coefficient (Wildman–Crippen LogP) is 3.30. The average molecular weight is 357 g/mol. The molecule has 0 spiro atoms. The van der Waals surface area contributed by atoms with Gasteiger partial charge in [-0.15, -0.1) is 0 Å². The van der Waals surface area contributed by atoms with Crippen LogP contribution in [0.15, 0.2) is 41.6 Å². The van der Waals surface area contributed by atoms with Crippen LogP contribution in [0.25, 0.3) is 0 Å². The first kappa shape index (κ1) is 19.6. The van der Waals surface area contributed by atoms with Gasteiger partial charge in [0.2, 0.25) is 5.91 Å². The molecule has 0 aliphatic carbocycles.